The zero-order chi connectivity index (χ0) is 14.3. The van der Waals surface area contributed by atoms with Crippen LogP contribution in [0.3, 0.4) is 0 Å². The Kier molecular flexibility index (Phi) is 6.83. The number of hydrogen-bond acceptors (Lipinski definition) is 3. The number of aliphatic hydroxyl groups is 1. The Morgan fingerprint density at radius 2 is 2.16 bits per heavy atom. The van der Waals surface area contributed by atoms with Gasteiger partial charge in [0, 0.05) is 16.6 Å². The van der Waals surface area contributed by atoms with Crippen LogP contribution in [0.1, 0.15) is 33.6 Å². The van der Waals surface area contributed by atoms with E-state index >= 15 is 0 Å². The molecule has 4 heteroatoms. The Bertz CT molecular complexity index is 382. The molecular formula is C15H24BrNO2. The molecule has 0 fully saturated rings. The molecular weight excluding hydrogens is 306 g/mol. The molecule has 0 saturated carbocycles. The van der Waals surface area contributed by atoms with Crippen molar-refractivity contribution >= 4 is 15.9 Å². The molecule has 0 aliphatic heterocycles. The van der Waals surface area contributed by atoms with E-state index < -0.39 is 6.10 Å². The molecule has 0 aliphatic carbocycles. The van der Waals surface area contributed by atoms with Crippen LogP contribution in [-0.2, 0) is 0 Å². The first-order valence-corrected chi connectivity index (χ1v) is 7.54. The number of aliphatic hydroxyl groups excluding tert-OH is 1. The van der Waals surface area contributed by atoms with Crippen LogP contribution in [0.2, 0.25) is 0 Å². The summed E-state index contributed by atoms with van der Waals surface area (Å²) in [5.41, 5.74) is 0.0610. The Labute approximate surface area is 124 Å². The van der Waals surface area contributed by atoms with Gasteiger partial charge in [-0.25, -0.2) is 0 Å². The van der Waals surface area contributed by atoms with Gasteiger partial charge < -0.3 is 15.2 Å². The standard InChI is InChI=1S/C15H24BrNO2/c1-4-8-15(2,3)17-10-13(18)11-19-14-7-5-6-12(16)9-14/h5-7,9,13,17-18H,4,8,10-11H2,1-3H3. The van der Waals surface area contributed by atoms with Crippen molar-refractivity contribution in [2.24, 2.45) is 0 Å². The molecule has 0 spiro atoms. The number of ether oxygens (including phenoxy) is 1. The van der Waals surface area contributed by atoms with E-state index in [2.05, 4.69) is 42.0 Å². The highest BCUT2D eigenvalue weighted by molar-refractivity contribution is 9.10. The molecule has 0 amide bonds. The van der Waals surface area contributed by atoms with Crippen LogP contribution < -0.4 is 10.1 Å². The van der Waals surface area contributed by atoms with Crippen molar-refractivity contribution in [1.82, 2.24) is 5.32 Å². The molecule has 0 aromatic heterocycles. The maximum absolute atomic E-state index is 9.91. The Morgan fingerprint density at radius 1 is 1.42 bits per heavy atom. The zero-order valence-electron chi connectivity index (χ0n) is 11.9. The molecule has 0 aliphatic rings. The fourth-order valence-corrected chi connectivity index (χ4v) is 2.29. The molecule has 1 aromatic rings. The summed E-state index contributed by atoms with van der Waals surface area (Å²) in [4.78, 5) is 0. The van der Waals surface area contributed by atoms with E-state index in [0.29, 0.717) is 13.2 Å². The topological polar surface area (TPSA) is 41.5 Å². The number of halogens is 1. The first-order chi connectivity index (χ1) is 8.93. The van der Waals surface area contributed by atoms with Gasteiger partial charge in [-0.05, 0) is 38.5 Å². The van der Waals surface area contributed by atoms with Crippen LogP contribution in [-0.4, -0.2) is 29.9 Å². The summed E-state index contributed by atoms with van der Waals surface area (Å²) in [6, 6.07) is 7.62. The molecule has 1 aromatic carbocycles. The number of nitrogens with one attached hydrogen (secondary N) is 1. The maximum atomic E-state index is 9.91. The monoisotopic (exact) mass is 329 g/mol. The minimum Gasteiger partial charge on any atom is -0.491 e. The van der Waals surface area contributed by atoms with E-state index in [1.54, 1.807) is 0 Å². The van der Waals surface area contributed by atoms with E-state index in [9.17, 15) is 5.11 Å². The third kappa shape index (κ3) is 6.95. The predicted molar refractivity (Wildman–Crippen MR) is 82.6 cm³/mol. The van der Waals surface area contributed by atoms with Crippen LogP contribution in [0.5, 0.6) is 5.75 Å². The van der Waals surface area contributed by atoms with Gasteiger partial charge in [0.05, 0.1) is 0 Å². The molecule has 0 radical (unpaired) electrons. The quantitative estimate of drug-likeness (QED) is 0.768. The second kappa shape index (κ2) is 7.88. The molecule has 1 unspecified atom stereocenters. The summed E-state index contributed by atoms with van der Waals surface area (Å²) in [6.07, 6.45) is 1.71. The molecule has 19 heavy (non-hydrogen) atoms. The minimum absolute atomic E-state index is 0.0610. The lowest BCUT2D eigenvalue weighted by Crippen LogP contribution is -2.44. The van der Waals surface area contributed by atoms with Gasteiger partial charge in [-0.1, -0.05) is 35.3 Å². The molecule has 1 rings (SSSR count). The highest BCUT2D eigenvalue weighted by Crippen LogP contribution is 2.17. The highest BCUT2D eigenvalue weighted by atomic mass is 79.9. The van der Waals surface area contributed by atoms with Crippen LogP contribution >= 0.6 is 15.9 Å². The minimum atomic E-state index is -0.505. The molecule has 2 N–H and O–H groups in total. The van der Waals surface area contributed by atoms with Crippen molar-refractivity contribution in [3.05, 3.63) is 28.7 Å². The first-order valence-electron chi connectivity index (χ1n) is 6.74. The number of rotatable bonds is 8. The number of β-amino-alcohol motifs (C(OH)–C–C–N with tert-alkyl or cyclic N) is 1. The Hall–Kier alpha value is -0.580. The third-order valence-electron chi connectivity index (χ3n) is 2.93. The summed E-state index contributed by atoms with van der Waals surface area (Å²) in [5.74, 6) is 0.765. The number of benzene rings is 1. The van der Waals surface area contributed by atoms with Crippen molar-refractivity contribution in [3.8, 4) is 5.75 Å². The second-order valence-corrected chi connectivity index (χ2v) is 6.35. The SMILES string of the molecule is CCCC(C)(C)NCC(O)COc1cccc(Br)c1. The summed E-state index contributed by atoms with van der Waals surface area (Å²) in [6.45, 7) is 7.31. The average molecular weight is 330 g/mol. The van der Waals surface area contributed by atoms with E-state index in [1.807, 2.05) is 24.3 Å². The van der Waals surface area contributed by atoms with Crippen molar-refractivity contribution in [2.45, 2.75) is 45.3 Å². The summed E-state index contributed by atoms with van der Waals surface area (Å²) < 4.78 is 6.53. The normalized spacial score (nSPS) is 13.3. The van der Waals surface area contributed by atoms with Crippen LogP contribution in [0.4, 0.5) is 0 Å². The lowest BCUT2D eigenvalue weighted by molar-refractivity contribution is 0.0980. The molecule has 1 atom stereocenters. The van der Waals surface area contributed by atoms with Crippen molar-refractivity contribution < 1.29 is 9.84 Å². The van der Waals surface area contributed by atoms with Gasteiger partial charge in [-0.3, -0.25) is 0 Å². The lowest BCUT2D eigenvalue weighted by Gasteiger charge is -2.27. The van der Waals surface area contributed by atoms with Gasteiger partial charge >= 0.3 is 0 Å². The van der Waals surface area contributed by atoms with Crippen LogP contribution in [0.15, 0.2) is 28.7 Å². The first kappa shape index (κ1) is 16.5. The van der Waals surface area contributed by atoms with Gasteiger partial charge in [-0.2, -0.15) is 0 Å². The van der Waals surface area contributed by atoms with Gasteiger partial charge in [0.1, 0.15) is 18.5 Å². The lowest BCUT2D eigenvalue weighted by atomic mass is 9.99. The number of hydrogen-bond donors (Lipinski definition) is 2. The van der Waals surface area contributed by atoms with Crippen molar-refractivity contribution in [2.75, 3.05) is 13.2 Å². The van der Waals surface area contributed by atoms with E-state index in [-0.39, 0.29) is 5.54 Å². The van der Waals surface area contributed by atoms with Crippen molar-refractivity contribution in [3.63, 3.8) is 0 Å². The molecule has 0 saturated heterocycles. The second-order valence-electron chi connectivity index (χ2n) is 5.44. The zero-order valence-corrected chi connectivity index (χ0v) is 13.5. The average Bonchev–Trinajstić information content (AvgIpc) is 2.34. The highest BCUT2D eigenvalue weighted by Gasteiger charge is 2.17. The van der Waals surface area contributed by atoms with Gasteiger partial charge in [0.2, 0.25) is 0 Å². The van der Waals surface area contributed by atoms with E-state index in [1.165, 1.54) is 0 Å². The summed E-state index contributed by atoms with van der Waals surface area (Å²) in [5, 5.41) is 13.3. The largest absolute Gasteiger partial charge is 0.491 e. The predicted octanol–water partition coefficient (Wildman–Crippen LogP) is 3.36. The smallest absolute Gasteiger partial charge is 0.120 e. The van der Waals surface area contributed by atoms with Gasteiger partial charge in [0.15, 0.2) is 0 Å². The summed E-state index contributed by atoms with van der Waals surface area (Å²) in [7, 11) is 0. The Balaban J connectivity index is 2.30. The molecule has 0 heterocycles. The maximum Gasteiger partial charge on any atom is 0.120 e. The third-order valence-corrected chi connectivity index (χ3v) is 3.42. The molecule has 3 nitrogen and oxygen atoms in total. The molecule has 108 valence electrons. The van der Waals surface area contributed by atoms with Crippen LogP contribution in [0, 0.1) is 0 Å². The fraction of sp³-hybridized carbons (Fsp3) is 0.600. The van der Waals surface area contributed by atoms with Gasteiger partial charge in [-0.15, -0.1) is 0 Å². The van der Waals surface area contributed by atoms with Crippen LogP contribution in [0.25, 0.3) is 0 Å². The molecule has 0 bridgehead atoms. The fourth-order valence-electron chi connectivity index (χ4n) is 1.92. The van der Waals surface area contributed by atoms with E-state index in [4.69, 9.17) is 4.74 Å². The van der Waals surface area contributed by atoms with Gasteiger partial charge in [0.25, 0.3) is 0 Å². The summed E-state index contributed by atoms with van der Waals surface area (Å²) >= 11 is 3.39. The van der Waals surface area contributed by atoms with Crippen molar-refractivity contribution in [1.29, 1.82) is 0 Å². The van der Waals surface area contributed by atoms with E-state index in [0.717, 1.165) is 23.1 Å². The Morgan fingerprint density at radius 3 is 2.79 bits per heavy atom.